The Hall–Kier alpha value is -4.52. The van der Waals surface area contributed by atoms with Crippen LogP contribution in [0.4, 0.5) is 11.4 Å². The molecular weight excluding hydrogens is 656 g/mol. The summed E-state index contributed by atoms with van der Waals surface area (Å²) >= 11 is 6.93. The van der Waals surface area contributed by atoms with Crippen LogP contribution in [0.15, 0.2) is 36.4 Å². The van der Waals surface area contributed by atoms with Gasteiger partial charge in [-0.1, -0.05) is 35.9 Å². The molecule has 7 rings (SSSR count). The molecule has 3 aliphatic rings. The van der Waals surface area contributed by atoms with Gasteiger partial charge in [0.25, 0.3) is 11.8 Å². The van der Waals surface area contributed by atoms with E-state index in [1.165, 1.54) is 0 Å². The first-order valence-electron chi connectivity index (χ1n) is 17.3. The minimum absolute atomic E-state index is 0.212. The van der Waals surface area contributed by atoms with Gasteiger partial charge in [0.05, 0.1) is 28.0 Å². The van der Waals surface area contributed by atoms with Crippen LogP contribution in [0.1, 0.15) is 75.3 Å². The van der Waals surface area contributed by atoms with Crippen LogP contribution in [0.25, 0.3) is 11.1 Å². The lowest BCUT2D eigenvalue weighted by molar-refractivity contribution is -0.143. The quantitative estimate of drug-likeness (QED) is 0.197. The molecule has 0 atom stereocenters. The Morgan fingerprint density at radius 1 is 0.880 bits per heavy atom. The molecule has 2 aliphatic heterocycles. The third kappa shape index (κ3) is 6.55. The fraction of sp³-hybridized carbons (Fsp3) is 0.432. The number of halogens is 1. The van der Waals surface area contributed by atoms with Crippen LogP contribution < -0.4 is 16.0 Å². The van der Waals surface area contributed by atoms with Crippen LogP contribution in [0.5, 0.6) is 0 Å². The number of amides is 2. The highest BCUT2D eigenvalue weighted by Gasteiger charge is 2.30. The molecule has 0 unspecified atom stereocenters. The third-order valence-electron chi connectivity index (χ3n) is 10.7. The van der Waals surface area contributed by atoms with Gasteiger partial charge in [0.1, 0.15) is 0 Å². The molecule has 1 fully saturated rings. The monoisotopic (exact) mass is 698 g/mol. The number of carbonyl (C=O) groups is 3. The number of imidazole rings is 2. The minimum atomic E-state index is -0.677. The van der Waals surface area contributed by atoms with E-state index in [0.29, 0.717) is 47.1 Å². The number of aromatic nitrogens is 4. The largest absolute Gasteiger partial charge is 0.481 e. The molecule has 0 bridgehead atoms. The van der Waals surface area contributed by atoms with Gasteiger partial charge in [0.15, 0.2) is 11.6 Å². The summed E-state index contributed by atoms with van der Waals surface area (Å²) in [7, 11) is 3.75. The number of carbonyl (C=O) groups excluding carboxylic acids is 2. The molecule has 4 aromatic rings. The average Bonchev–Trinajstić information content (AvgIpc) is 3.63. The standard InChI is InChI=1S/C37H43ClN8O4/c1-21-24(25-7-5-9-27(32(25)38)43-36(48)33-40-28-18-39-16-14-30(28)44(33)2)6-4-8-26(21)42-35(47)34-41-29-20-46(17-15-31(29)45(34)3)19-22-10-12-23(13-11-22)37(49)50/h4-9,22-23,39H,10-20H2,1-3H3,(H,42,47)(H,43,48)(H,49,50). The van der Waals surface area contributed by atoms with E-state index in [0.717, 1.165) is 97.6 Å². The SMILES string of the molecule is Cc1c(NC(=O)c2nc3c(n2C)CCN(CC2CCC(C(=O)O)CC2)C3)cccc1-c1cccc(NC(=O)c2nc3c(n2C)CCNC3)c1Cl. The summed E-state index contributed by atoms with van der Waals surface area (Å²) in [6, 6.07) is 11.2. The van der Waals surface area contributed by atoms with Crippen molar-refractivity contribution in [3.8, 4) is 11.1 Å². The van der Waals surface area contributed by atoms with E-state index in [-0.39, 0.29) is 17.7 Å². The van der Waals surface area contributed by atoms with Crippen molar-refractivity contribution in [1.82, 2.24) is 29.3 Å². The zero-order valence-corrected chi connectivity index (χ0v) is 29.4. The number of rotatable bonds is 8. The molecule has 0 saturated heterocycles. The number of anilines is 2. The maximum atomic E-state index is 13.7. The van der Waals surface area contributed by atoms with Gasteiger partial charge in [-0.3, -0.25) is 19.3 Å². The second kappa shape index (κ2) is 14.0. The van der Waals surface area contributed by atoms with E-state index in [2.05, 4.69) is 25.8 Å². The van der Waals surface area contributed by atoms with Crippen molar-refractivity contribution in [2.45, 2.75) is 58.5 Å². The Morgan fingerprint density at radius 2 is 1.50 bits per heavy atom. The summed E-state index contributed by atoms with van der Waals surface area (Å²) in [6.45, 7) is 5.91. The zero-order chi connectivity index (χ0) is 35.1. The maximum absolute atomic E-state index is 13.7. The van der Waals surface area contributed by atoms with Crippen molar-refractivity contribution in [3.63, 3.8) is 0 Å². The molecule has 2 aromatic heterocycles. The summed E-state index contributed by atoms with van der Waals surface area (Å²) in [5.41, 5.74) is 7.44. The fourth-order valence-corrected chi connectivity index (χ4v) is 8.09. The van der Waals surface area contributed by atoms with Gasteiger partial charge in [-0.2, -0.15) is 0 Å². The van der Waals surface area contributed by atoms with E-state index in [4.69, 9.17) is 16.6 Å². The van der Waals surface area contributed by atoms with Crippen molar-refractivity contribution in [2.24, 2.45) is 25.9 Å². The molecule has 0 radical (unpaired) electrons. The van der Waals surface area contributed by atoms with Crippen LogP contribution in [0.2, 0.25) is 5.02 Å². The lowest BCUT2D eigenvalue weighted by Crippen LogP contribution is -2.36. The van der Waals surface area contributed by atoms with E-state index in [1.54, 1.807) is 6.07 Å². The lowest BCUT2D eigenvalue weighted by Gasteiger charge is -2.33. The number of aliphatic carboxylic acids is 1. The Bertz CT molecular complexity index is 1980. The normalized spacial score (nSPS) is 19.0. The topological polar surface area (TPSA) is 146 Å². The summed E-state index contributed by atoms with van der Waals surface area (Å²) in [6.07, 6.45) is 4.97. The molecule has 50 heavy (non-hydrogen) atoms. The first-order valence-corrected chi connectivity index (χ1v) is 17.7. The number of hydrogen-bond acceptors (Lipinski definition) is 7. The number of fused-ring (bicyclic) bond motifs is 2. The molecule has 2 aromatic carbocycles. The number of hydrogen-bond donors (Lipinski definition) is 4. The van der Waals surface area contributed by atoms with Gasteiger partial charge in [0.2, 0.25) is 0 Å². The maximum Gasteiger partial charge on any atom is 0.306 e. The third-order valence-corrected chi connectivity index (χ3v) is 11.1. The number of carboxylic acid groups (broad SMARTS) is 1. The number of benzene rings is 2. The highest BCUT2D eigenvalue weighted by molar-refractivity contribution is 6.36. The Balaban J connectivity index is 1.04. The molecular formula is C37H43ClN8O4. The lowest BCUT2D eigenvalue weighted by atomic mass is 9.81. The van der Waals surface area contributed by atoms with Crippen LogP contribution in [-0.2, 0) is 44.8 Å². The molecule has 1 aliphatic carbocycles. The van der Waals surface area contributed by atoms with E-state index in [9.17, 15) is 19.5 Å². The average molecular weight is 699 g/mol. The minimum Gasteiger partial charge on any atom is -0.481 e. The molecule has 4 N–H and O–H groups in total. The summed E-state index contributed by atoms with van der Waals surface area (Å²) in [5, 5.41) is 19.1. The van der Waals surface area contributed by atoms with Crippen LogP contribution in [0, 0.1) is 18.8 Å². The van der Waals surface area contributed by atoms with Gasteiger partial charge in [0, 0.05) is 82.3 Å². The van der Waals surface area contributed by atoms with Gasteiger partial charge in [-0.15, -0.1) is 0 Å². The highest BCUT2D eigenvalue weighted by Crippen LogP contribution is 2.38. The molecule has 1 saturated carbocycles. The van der Waals surface area contributed by atoms with E-state index < -0.39 is 5.97 Å². The van der Waals surface area contributed by atoms with Crippen molar-refractivity contribution < 1.29 is 19.5 Å². The van der Waals surface area contributed by atoms with Crippen LogP contribution >= 0.6 is 11.6 Å². The van der Waals surface area contributed by atoms with Crippen molar-refractivity contribution >= 4 is 40.8 Å². The second-order valence-corrected chi connectivity index (χ2v) is 14.2. The molecule has 2 amide bonds. The van der Waals surface area contributed by atoms with Gasteiger partial charge >= 0.3 is 5.97 Å². The second-order valence-electron chi connectivity index (χ2n) is 13.8. The Labute approximate surface area is 296 Å². The molecule has 4 heterocycles. The number of carboxylic acids is 1. The summed E-state index contributed by atoms with van der Waals surface area (Å²) in [5.74, 6) is -0.325. The number of nitrogens with zero attached hydrogens (tertiary/aromatic N) is 5. The predicted octanol–water partition coefficient (Wildman–Crippen LogP) is 5.18. The first kappa shape index (κ1) is 34.0. The van der Waals surface area contributed by atoms with E-state index in [1.807, 2.05) is 60.5 Å². The Kier molecular flexibility index (Phi) is 9.51. The summed E-state index contributed by atoms with van der Waals surface area (Å²) < 4.78 is 3.75. The summed E-state index contributed by atoms with van der Waals surface area (Å²) in [4.78, 5) is 50.1. The van der Waals surface area contributed by atoms with E-state index >= 15 is 0 Å². The van der Waals surface area contributed by atoms with Crippen LogP contribution in [-0.4, -0.2) is 66.5 Å². The Morgan fingerprint density at radius 3 is 2.18 bits per heavy atom. The molecule has 0 spiro atoms. The molecule has 12 nitrogen and oxygen atoms in total. The fourth-order valence-electron chi connectivity index (χ4n) is 7.81. The van der Waals surface area contributed by atoms with Crippen LogP contribution in [0.3, 0.4) is 0 Å². The highest BCUT2D eigenvalue weighted by atomic mass is 35.5. The predicted molar refractivity (Wildman–Crippen MR) is 191 cm³/mol. The molecule has 13 heteroatoms. The smallest absolute Gasteiger partial charge is 0.306 e. The zero-order valence-electron chi connectivity index (χ0n) is 28.7. The number of nitrogens with one attached hydrogen (secondary N) is 3. The van der Waals surface area contributed by atoms with Gasteiger partial charge < -0.3 is 30.2 Å². The van der Waals surface area contributed by atoms with Crippen molar-refractivity contribution in [2.75, 3.05) is 30.3 Å². The van der Waals surface area contributed by atoms with Crippen molar-refractivity contribution in [1.29, 1.82) is 0 Å². The molecule has 262 valence electrons. The van der Waals surface area contributed by atoms with Crippen molar-refractivity contribution in [3.05, 3.63) is 81.4 Å². The van der Waals surface area contributed by atoms with Gasteiger partial charge in [-0.05, 0) is 61.8 Å². The first-order chi connectivity index (χ1) is 24.1. The van der Waals surface area contributed by atoms with Gasteiger partial charge in [-0.25, -0.2) is 9.97 Å².